The predicted molar refractivity (Wildman–Crippen MR) is 66.1 cm³/mol. The monoisotopic (exact) mass is 258 g/mol. The average Bonchev–Trinajstić information content (AvgIpc) is 2.17. The largest absolute Gasteiger partial charge is 0.481 e. The topological polar surface area (TPSA) is 92.9 Å². The lowest BCUT2D eigenvalue weighted by atomic mass is 9.90. The third-order valence-electron chi connectivity index (χ3n) is 2.88. The van der Waals surface area contributed by atoms with E-state index >= 15 is 0 Å². The smallest absolute Gasteiger partial charge is 0.410 e. The van der Waals surface area contributed by atoms with E-state index in [1.54, 1.807) is 25.7 Å². The highest BCUT2D eigenvalue weighted by Gasteiger charge is 2.32. The Bertz CT molecular complexity index is 325. The second-order valence-electron chi connectivity index (χ2n) is 5.74. The molecule has 0 aromatic carbocycles. The molecule has 6 heteroatoms. The highest BCUT2D eigenvalue weighted by atomic mass is 16.6. The van der Waals surface area contributed by atoms with Crippen LogP contribution < -0.4 is 5.73 Å². The van der Waals surface area contributed by atoms with E-state index in [-0.39, 0.29) is 18.4 Å². The summed E-state index contributed by atoms with van der Waals surface area (Å²) in [4.78, 5) is 24.1. The summed E-state index contributed by atoms with van der Waals surface area (Å²) in [6.45, 7) is 6.27. The van der Waals surface area contributed by atoms with E-state index in [1.807, 2.05) is 0 Å². The van der Waals surface area contributed by atoms with Gasteiger partial charge in [0, 0.05) is 25.0 Å². The van der Waals surface area contributed by atoms with Crippen LogP contribution in [-0.2, 0) is 9.53 Å². The van der Waals surface area contributed by atoms with Crippen molar-refractivity contribution in [2.75, 3.05) is 13.1 Å². The summed E-state index contributed by atoms with van der Waals surface area (Å²) in [6.07, 6.45) is 0.197. The Morgan fingerprint density at radius 3 is 2.56 bits per heavy atom. The maximum atomic E-state index is 11.9. The number of ether oxygens (including phenoxy) is 1. The first-order chi connectivity index (χ1) is 8.19. The fourth-order valence-electron chi connectivity index (χ4n) is 1.98. The van der Waals surface area contributed by atoms with Crippen LogP contribution in [0.4, 0.5) is 4.79 Å². The Morgan fingerprint density at radius 1 is 1.44 bits per heavy atom. The number of hydrogen-bond donors (Lipinski definition) is 2. The average molecular weight is 258 g/mol. The number of carbonyl (C=O) groups excluding carboxylic acids is 1. The molecule has 0 radical (unpaired) electrons. The van der Waals surface area contributed by atoms with Crippen LogP contribution >= 0.6 is 0 Å². The van der Waals surface area contributed by atoms with Gasteiger partial charge in [0.1, 0.15) is 5.60 Å². The summed E-state index contributed by atoms with van der Waals surface area (Å²) >= 11 is 0. The Hall–Kier alpha value is -1.30. The number of carbonyl (C=O) groups is 2. The molecule has 1 amide bonds. The van der Waals surface area contributed by atoms with Crippen molar-refractivity contribution in [2.24, 2.45) is 11.7 Å². The van der Waals surface area contributed by atoms with Crippen LogP contribution in [0.15, 0.2) is 0 Å². The van der Waals surface area contributed by atoms with Crippen LogP contribution in [0.2, 0.25) is 0 Å². The fourth-order valence-corrected chi connectivity index (χ4v) is 1.98. The van der Waals surface area contributed by atoms with Crippen LogP contribution in [-0.4, -0.2) is 46.8 Å². The minimum absolute atomic E-state index is 0.0134. The Kier molecular flexibility index (Phi) is 4.56. The molecule has 0 aromatic heterocycles. The molecule has 1 fully saturated rings. The highest BCUT2D eigenvalue weighted by molar-refractivity contribution is 5.69. The van der Waals surface area contributed by atoms with Crippen LogP contribution in [0.25, 0.3) is 0 Å². The molecule has 0 bridgehead atoms. The SMILES string of the molecule is CC(C)(C)OC(=O)N1CC[C@@H](N)[C@@H](CC(=O)O)C1. The molecule has 1 aliphatic rings. The minimum atomic E-state index is -0.888. The molecule has 18 heavy (non-hydrogen) atoms. The van der Waals surface area contributed by atoms with Crippen LogP contribution in [0.3, 0.4) is 0 Å². The molecule has 1 saturated heterocycles. The Labute approximate surface area is 107 Å². The molecule has 1 rings (SSSR count). The maximum Gasteiger partial charge on any atom is 0.410 e. The minimum Gasteiger partial charge on any atom is -0.481 e. The van der Waals surface area contributed by atoms with Crippen LogP contribution in [0.5, 0.6) is 0 Å². The van der Waals surface area contributed by atoms with Crippen molar-refractivity contribution in [3.8, 4) is 0 Å². The number of hydrogen-bond acceptors (Lipinski definition) is 4. The molecule has 0 spiro atoms. The van der Waals surface area contributed by atoms with Crippen molar-refractivity contribution < 1.29 is 19.4 Å². The summed E-state index contributed by atoms with van der Waals surface area (Å²) in [5.41, 5.74) is 5.33. The van der Waals surface area contributed by atoms with Gasteiger partial charge in [-0.3, -0.25) is 4.79 Å². The number of rotatable bonds is 2. The van der Waals surface area contributed by atoms with Gasteiger partial charge in [-0.1, -0.05) is 0 Å². The zero-order valence-corrected chi connectivity index (χ0v) is 11.2. The van der Waals surface area contributed by atoms with Crippen LogP contribution in [0, 0.1) is 5.92 Å². The van der Waals surface area contributed by atoms with E-state index in [2.05, 4.69) is 0 Å². The maximum absolute atomic E-state index is 11.9. The lowest BCUT2D eigenvalue weighted by molar-refractivity contribution is -0.138. The van der Waals surface area contributed by atoms with E-state index in [1.165, 1.54) is 0 Å². The van der Waals surface area contributed by atoms with Crippen LogP contribution in [0.1, 0.15) is 33.6 Å². The first-order valence-electron chi connectivity index (χ1n) is 6.14. The van der Waals surface area contributed by atoms with Gasteiger partial charge in [0.2, 0.25) is 0 Å². The molecule has 6 nitrogen and oxygen atoms in total. The number of amides is 1. The molecular formula is C12H22N2O4. The highest BCUT2D eigenvalue weighted by Crippen LogP contribution is 2.21. The van der Waals surface area contributed by atoms with Gasteiger partial charge in [-0.25, -0.2) is 4.79 Å². The summed E-state index contributed by atoms with van der Waals surface area (Å²) in [5.74, 6) is -1.09. The van der Waals surface area contributed by atoms with Gasteiger partial charge >= 0.3 is 12.1 Å². The van der Waals surface area contributed by atoms with Crippen molar-refractivity contribution >= 4 is 12.1 Å². The summed E-state index contributed by atoms with van der Waals surface area (Å²) in [6, 6.07) is -0.167. The van der Waals surface area contributed by atoms with Crippen molar-refractivity contribution in [3.63, 3.8) is 0 Å². The first kappa shape index (κ1) is 14.8. The normalized spacial score (nSPS) is 24.8. The summed E-state index contributed by atoms with van der Waals surface area (Å²) in [5, 5.41) is 8.80. The van der Waals surface area contributed by atoms with Gasteiger partial charge < -0.3 is 20.5 Å². The molecule has 104 valence electrons. The molecule has 2 atom stereocenters. The zero-order valence-electron chi connectivity index (χ0n) is 11.2. The third-order valence-corrected chi connectivity index (χ3v) is 2.88. The fraction of sp³-hybridized carbons (Fsp3) is 0.833. The zero-order chi connectivity index (χ0) is 13.9. The molecule has 3 N–H and O–H groups in total. The number of aliphatic carboxylic acids is 1. The van der Waals surface area contributed by atoms with Gasteiger partial charge in [-0.05, 0) is 27.2 Å². The van der Waals surface area contributed by atoms with Gasteiger partial charge in [0.25, 0.3) is 0 Å². The number of nitrogens with zero attached hydrogens (tertiary/aromatic N) is 1. The van der Waals surface area contributed by atoms with Gasteiger partial charge in [-0.15, -0.1) is 0 Å². The molecule has 0 unspecified atom stereocenters. The second-order valence-corrected chi connectivity index (χ2v) is 5.74. The van der Waals surface area contributed by atoms with E-state index in [0.29, 0.717) is 19.5 Å². The summed E-state index contributed by atoms with van der Waals surface area (Å²) < 4.78 is 5.26. The molecule has 0 saturated carbocycles. The molecule has 1 aliphatic heterocycles. The van der Waals surface area contributed by atoms with Crippen molar-refractivity contribution in [1.29, 1.82) is 0 Å². The molecule has 1 heterocycles. The second kappa shape index (κ2) is 5.56. The molecular weight excluding hydrogens is 236 g/mol. The molecule has 0 aromatic rings. The summed E-state index contributed by atoms with van der Waals surface area (Å²) in [7, 11) is 0. The van der Waals surface area contributed by atoms with E-state index in [4.69, 9.17) is 15.6 Å². The number of carboxylic acids is 1. The lowest BCUT2D eigenvalue weighted by Crippen LogP contribution is -2.50. The van der Waals surface area contributed by atoms with Crippen molar-refractivity contribution in [3.05, 3.63) is 0 Å². The lowest BCUT2D eigenvalue weighted by Gasteiger charge is -2.36. The quantitative estimate of drug-likeness (QED) is 0.772. The van der Waals surface area contributed by atoms with E-state index in [9.17, 15) is 9.59 Å². The van der Waals surface area contributed by atoms with Gasteiger partial charge in [0.15, 0.2) is 0 Å². The number of nitrogens with two attached hydrogens (primary N) is 1. The van der Waals surface area contributed by atoms with E-state index < -0.39 is 17.7 Å². The van der Waals surface area contributed by atoms with E-state index in [0.717, 1.165) is 0 Å². The predicted octanol–water partition coefficient (Wildman–Crippen LogP) is 1.05. The third kappa shape index (κ3) is 4.52. The number of carboxylic acid groups (broad SMARTS) is 1. The Morgan fingerprint density at radius 2 is 2.06 bits per heavy atom. The number of piperidine rings is 1. The van der Waals surface area contributed by atoms with Gasteiger partial charge in [0.05, 0.1) is 6.42 Å². The standard InChI is InChI=1S/C12H22N2O4/c1-12(2,3)18-11(17)14-5-4-9(13)8(7-14)6-10(15)16/h8-9H,4-7,13H2,1-3H3,(H,15,16)/t8-,9+/m0/s1. The Balaban J connectivity index is 2.58. The first-order valence-corrected chi connectivity index (χ1v) is 6.14. The molecule has 0 aliphatic carbocycles. The number of likely N-dealkylation sites (tertiary alicyclic amines) is 1. The van der Waals surface area contributed by atoms with Crippen molar-refractivity contribution in [1.82, 2.24) is 4.90 Å². The van der Waals surface area contributed by atoms with Gasteiger partial charge in [-0.2, -0.15) is 0 Å². The van der Waals surface area contributed by atoms with Crippen molar-refractivity contribution in [2.45, 2.75) is 45.3 Å².